The maximum Gasteiger partial charge on any atom is 0.227 e. The Morgan fingerprint density at radius 3 is 2.63 bits per heavy atom. The molecule has 3 rings (SSSR count). The first-order valence-corrected chi connectivity index (χ1v) is 11.2. The van der Waals surface area contributed by atoms with Crippen LogP contribution in [0.15, 0.2) is 34.6 Å². The van der Waals surface area contributed by atoms with Gasteiger partial charge in [-0.15, -0.1) is 35.3 Å². The molecule has 1 aliphatic carbocycles. The van der Waals surface area contributed by atoms with Crippen molar-refractivity contribution in [3.63, 3.8) is 0 Å². The normalized spacial score (nSPS) is 14.5. The molecule has 1 heterocycles. The van der Waals surface area contributed by atoms with Crippen LogP contribution in [0.4, 0.5) is 5.69 Å². The van der Waals surface area contributed by atoms with Crippen LogP contribution < -0.4 is 16.0 Å². The van der Waals surface area contributed by atoms with Gasteiger partial charge in [0.25, 0.3) is 0 Å². The summed E-state index contributed by atoms with van der Waals surface area (Å²) in [6.45, 7) is 5.57. The average Bonchev–Trinajstić information content (AvgIpc) is 3.41. The van der Waals surface area contributed by atoms with Gasteiger partial charge in [-0.2, -0.15) is 0 Å². The number of anilines is 1. The molecule has 3 N–H and O–H groups in total. The highest BCUT2D eigenvalue weighted by Gasteiger charge is 2.22. The molecule has 1 aromatic heterocycles. The summed E-state index contributed by atoms with van der Waals surface area (Å²) in [4.78, 5) is 21.3. The zero-order valence-corrected chi connectivity index (χ0v) is 21.1. The molecule has 30 heavy (non-hydrogen) atoms. The number of nitrogens with zero attached hydrogens (tertiary/aromatic N) is 2. The summed E-state index contributed by atoms with van der Waals surface area (Å²) in [5.41, 5.74) is 3.08. The Kier molecular flexibility index (Phi) is 10.0. The van der Waals surface area contributed by atoms with Crippen LogP contribution in [0.25, 0.3) is 0 Å². The van der Waals surface area contributed by atoms with E-state index in [0.717, 1.165) is 53.6 Å². The molecule has 0 unspecified atom stereocenters. The molecule has 0 aliphatic heterocycles. The summed E-state index contributed by atoms with van der Waals surface area (Å²) >= 11 is 1.67. The van der Waals surface area contributed by atoms with E-state index in [1.807, 2.05) is 24.3 Å². The number of carbonyl (C=O) groups excluding carboxylic acids is 1. The third-order valence-corrected chi connectivity index (χ3v) is 6.04. The third kappa shape index (κ3) is 7.23. The highest BCUT2D eigenvalue weighted by Crippen LogP contribution is 2.26. The number of amides is 1. The van der Waals surface area contributed by atoms with Gasteiger partial charge < -0.3 is 16.0 Å². The summed E-state index contributed by atoms with van der Waals surface area (Å²) in [7, 11) is 1.76. The smallest absolute Gasteiger partial charge is 0.227 e. The molecule has 0 atom stereocenters. The van der Waals surface area contributed by atoms with Gasteiger partial charge in [-0.25, -0.2) is 4.98 Å². The standard InChI is InChI=1S/C22H31N5OS.HI/c1-15(2)19-14-29-20(27-19)13-25-22(23-3)24-12-16-7-6-10-18(11-16)26-21(28)17-8-4-5-9-17;/h6-7,10-11,14-15,17H,4-5,8-9,12-13H2,1-3H3,(H,26,28)(H2,23,24,25);1H. The van der Waals surface area contributed by atoms with E-state index in [-0.39, 0.29) is 35.8 Å². The van der Waals surface area contributed by atoms with E-state index in [1.54, 1.807) is 18.4 Å². The Morgan fingerprint density at radius 1 is 1.23 bits per heavy atom. The van der Waals surface area contributed by atoms with E-state index in [9.17, 15) is 4.79 Å². The number of rotatable bonds is 7. The van der Waals surface area contributed by atoms with Gasteiger partial charge in [0, 0.05) is 30.6 Å². The van der Waals surface area contributed by atoms with E-state index >= 15 is 0 Å². The first-order chi connectivity index (χ1) is 14.0. The number of halogens is 1. The monoisotopic (exact) mass is 541 g/mol. The molecular weight excluding hydrogens is 509 g/mol. The van der Waals surface area contributed by atoms with Gasteiger partial charge in [0.05, 0.1) is 12.2 Å². The summed E-state index contributed by atoms with van der Waals surface area (Å²) in [5.74, 6) is 1.49. The number of nitrogens with one attached hydrogen (secondary N) is 3. The third-order valence-electron chi connectivity index (χ3n) is 5.17. The maximum atomic E-state index is 12.3. The van der Waals surface area contributed by atoms with Crippen molar-refractivity contribution in [2.45, 2.75) is 58.5 Å². The van der Waals surface area contributed by atoms with Crippen LogP contribution in [0.3, 0.4) is 0 Å². The van der Waals surface area contributed by atoms with E-state index < -0.39 is 0 Å². The second kappa shape index (κ2) is 12.2. The van der Waals surface area contributed by atoms with Crippen LogP contribution in [0.5, 0.6) is 0 Å². The Morgan fingerprint density at radius 2 is 1.97 bits per heavy atom. The van der Waals surface area contributed by atoms with Gasteiger partial charge in [-0.05, 0) is 36.5 Å². The minimum absolute atomic E-state index is 0. The molecule has 164 valence electrons. The summed E-state index contributed by atoms with van der Waals surface area (Å²) in [5, 5.41) is 12.9. The zero-order chi connectivity index (χ0) is 20.6. The molecule has 6 nitrogen and oxygen atoms in total. The van der Waals surface area contributed by atoms with Crippen molar-refractivity contribution >= 4 is 52.9 Å². The van der Waals surface area contributed by atoms with E-state index in [1.165, 1.54) is 0 Å². The molecular formula is C22H32IN5OS. The number of thiazole rings is 1. The van der Waals surface area contributed by atoms with Crippen LogP contribution in [-0.4, -0.2) is 23.9 Å². The summed E-state index contributed by atoms with van der Waals surface area (Å²) in [6, 6.07) is 7.97. The van der Waals surface area contributed by atoms with Crippen LogP contribution in [0, 0.1) is 5.92 Å². The fourth-order valence-corrected chi connectivity index (χ4v) is 4.32. The van der Waals surface area contributed by atoms with Crippen molar-refractivity contribution in [1.29, 1.82) is 0 Å². The van der Waals surface area contributed by atoms with Crippen molar-refractivity contribution in [3.8, 4) is 0 Å². The Balaban J connectivity index is 0.00000320. The lowest BCUT2D eigenvalue weighted by molar-refractivity contribution is -0.119. The average molecular weight is 542 g/mol. The molecule has 0 spiro atoms. The van der Waals surface area contributed by atoms with Gasteiger partial charge in [0.15, 0.2) is 5.96 Å². The lowest BCUT2D eigenvalue weighted by Gasteiger charge is -2.13. The molecule has 1 fully saturated rings. The fraction of sp³-hybridized carbons (Fsp3) is 0.500. The maximum absolute atomic E-state index is 12.3. The van der Waals surface area contributed by atoms with Gasteiger partial charge in [0.1, 0.15) is 5.01 Å². The molecule has 1 aromatic carbocycles. The lowest BCUT2D eigenvalue weighted by atomic mass is 10.1. The number of hydrogen-bond donors (Lipinski definition) is 3. The van der Waals surface area contributed by atoms with Gasteiger partial charge in [-0.1, -0.05) is 38.8 Å². The van der Waals surface area contributed by atoms with Crippen molar-refractivity contribution < 1.29 is 4.79 Å². The molecule has 0 saturated heterocycles. The van der Waals surface area contributed by atoms with Crippen LogP contribution in [-0.2, 0) is 17.9 Å². The SMILES string of the molecule is CN=C(NCc1cccc(NC(=O)C2CCCC2)c1)NCc1nc(C(C)C)cs1.I. The second-order valence-electron chi connectivity index (χ2n) is 7.77. The Hall–Kier alpha value is -1.68. The molecule has 0 radical (unpaired) electrons. The second-order valence-corrected chi connectivity index (χ2v) is 8.71. The van der Waals surface area contributed by atoms with Crippen LogP contribution in [0.1, 0.15) is 61.7 Å². The first kappa shape index (κ1) is 24.6. The quantitative estimate of drug-likeness (QED) is 0.265. The molecule has 1 amide bonds. The number of carbonyl (C=O) groups is 1. The predicted molar refractivity (Wildman–Crippen MR) is 136 cm³/mol. The molecule has 0 bridgehead atoms. The molecule has 1 aliphatic rings. The highest BCUT2D eigenvalue weighted by molar-refractivity contribution is 14.0. The van der Waals surface area contributed by atoms with Gasteiger partial charge in [-0.3, -0.25) is 9.79 Å². The Bertz CT molecular complexity index is 846. The van der Waals surface area contributed by atoms with Crippen molar-refractivity contribution in [2.75, 3.05) is 12.4 Å². The van der Waals surface area contributed by atoms with Crippen molar-refractivity contribution in [1.82, 2.24) is 15.6 Å². The topological polar surface area (TPSA) is 78.4 Å². The lowest BCUT2D eigenvalue weighted by Crippen LogP contribution is -2.36. The summed E-state index contributed by atoms with van der Waals surface area (Å²) < 4.78 is 0. The predicted octanol–water partition coefficient (Wildman–Crippen LogP) is 4.88. The number of hydrogen-bond acceptors (Lipinski definition) is 4. The van der Waals surface area contributed by atoms with Crippen molar-refractivity contribution in [3.05, 3.63) is 45.9 Å². The largest absolute Gasteiger partial charge is 0.352 e. The minimum Gasteiger partial charge on any atom is -0.352 e. The minimum atomic E-state index is 0. The molecule has 1 saturated carbocycles. The van der Waals surface area contributed by atoms with Gasteiger partial charge in [0.2, 0.25) is 5.91 Å². The van der Waals surface area contributed by atoms with Crippen LogP contribution >= 0.6 is 35.3 Å². The van der Waals surface area contributed by atoms with E-state index in [2.05, 4.69) is 45.2 Å². The molecule has 2 aromatic rings. The van der Waals surface area contributed by atoms with E-state index in [4.69, 9.17) is 0 Å². The number of guanidine groups is 1. The number of aromatic nitrogens is 1. The molecule has 8 heteroatoms. The number of aliphatic imine (C=N–C) groups is 1. The Labute approximate surface area is 200 Å². The zero-order valence-electron chi connectivity index (χ0n) is 17.9. The first-order valence-electron chi connectivity index (χ1n) is 10.3. The van der Waals surface area contributed by atoms with Crippen LogP contribution in [0.2, 0.25) is 0 Å². The highest BCUT2D eigenvalue weighted by atomic mass is 127. The van der Waals surface area contributed by atoms with Gasteiger partial charge >= 0.3 is 0 Å². The summed E-state index contributed by atoms with van der Waals surface area (Å²) in [6.07, 6.45) is 4.33. The van der Waals surface area contributed by atoms with Crippen molar-refractivity contribution in [2.24, 2.45) is 10.9 Å². The number of benzene rings is 1. The van der Waals surface area contributed by atoms with E-state index in [0.29, 0.717) is 19.0 Å². The fourth-order valence-electron chi connectivity index (χ4n) is 3.43.